The van der Waals surface area contributed by atoms with E-state index in [-0.39, 0.29) is 18.4 Å². The molecule has 1 saturated heterocycles. The zero-order chi connectivity index (χ0) is 5.28. The van der Waals surface area contributed by atoms with Crippen LogP contribution in [-0.4, -0.2) is 18.4 Å². The Kier molecular flexibility index (Phi) is 1.08. The molecule has 3 heteroatoms. The quantitative estimate of drug-likeness (QED) is 0.446. The van der Waals surface area contributed by atoms with Gasteiger partial charge in [-0.3, -0.25) is 9.63 Å². The number of Topliss-reactive ketones (excluding diaryl/α,β-unsaturated/α-hetero) is 1. The molecule has 1 fully saturated rings. The van der Waals surface area contributed by atoms with Crippen molar-refractivity contribution in [1.29, 1.82) is 0 Å². The molecule has 0 aromatic rings. The standard InChI is InChI=1S/C4H7NO2/c1-3-4(6)2-7-5-3/h3,5H,2H2,1H3. The van der Waals surface area contributed by atoms with Crippen molar-refractivity contribution in [2.45, 2.75) is 13.0 Å². The first-order chi connectivity index (χ1) is 3.30. The minimum atomic E-state index is -0.0972. The van der Waals surface area contributed by atoms with Gasteiger partial charge in [-0.1, -0.05) is 0 Å². The molecular formula is C4H7NO2. The van der Waals surface area contributed by atoms with E-state index in [1.807, 2.05) is 0 Å². The molecule has 0 amide bonds. The van der Waals surface area contributed by atoms with Crippen LogP contribution in [0, 0.1) is 0 Å². The topological polar surface area (TPSA) is 38.3 Å². The van der Waals surface area contributed by atoms with E-state index in [2.05, 4.69) is 10.3 Å². The molecule has 1 atom stereocenters. The summed E-state index contributed by atoms with van der Waals surface area (Å²) in [6.45, 7) is 2.00. The summed E-state index contributed by atoms with van der Waals surface area (Å²) < 4.78 is 0. The summed E-state index contributed by atoms with van der Waals surface area (Å²) in [7, 11) is 0. The number of nitrogens with one attached hydrogen (secondary N) is 1. The maximum atomic E-state index is 10.4. The highest BCUT2D eigenvalue weighted by Gasteiger charge is 2.18. The number of rotatable bonds is 0. The Morgan fingerprint density at radius 2 is 2.71 bits per heavy atom. The summed E-state index contributed by atoms with van der Waals surface area (Å²) in [6, 6.07) is -0.0972. The van der Waals surface area contributed by atoms with E-state index in [0.717, 1.165) is 0 Å². The summed E-state index contributed by atoms with van der Waals surface area (Å²) in [5.74, 6) is 0.125. The predicted molar refractivity (Wildman–Crippen MR) is 23.6 cm³/mol. The van der Waals surface area contributed by atoms with Crippen LogP contribution >= 0.6 is 0 Å². The summed E-state index contributed by atoms with van der Waals surface area (Å²) in [4.78, 5) is 15.0. The van der Waals surface area contributed by atoms with Crippen LogP contribution in [-0.2, 0) is 9.63 Å². The SMILES string of the molecule is CC1NOCC1=O. The normalized spacial score (nSPS) is 31.6. The van der Waals surface area contributed by atoms with Gasteiger partial charge >= 0.3 is 0 Å². The third kappa shape index (κ3) is 0.783. The number of hydroxylamine groups is 1. The van der Waals surface area contributed by atoms with Crippen LogP contribution in [0.25, 0.3) is 0 Å². The van der Waals surface area contributed by atoms with Crippen molar-refractivity contribution >= 4 is 5.78 Å². The number of carbonyl (C=O) groups excluding carboxylic acids is 1. The van der Waals surface area contributed by atoms with Crippen molar-refractivity contribution in [2.24, 2.45) is 0 Å². The molecule has 3 nitrogen and oxygen atoms in total. The van der Waals surface area contributed by atoms with Gasteiger partial charge in [-0.15, -0.1) is 0 Å². The maximum absolute atomic E-state index is 10.4. The fraction of sp³-hybridized carbons (Fsp3) is 0.750. The van der Waals surface area contributed by atoms with E-state index in [9.17, 15) is 4.79 Å². The van der Waals surface area contributed by atoms with E-state index in [4.69, 9.17) is 0 Å². The minimum Gasteiger partial charge on any atom is -0.295 e. The third-order valence-corrected chi connectivity index (χ3v) is 0.958. The molecule has 0 aromatic carbocycles. The second-order valence-corrected chi connectivity index (χ2v) is 1.59. The molecule has 40 valence electrons. The molecule has 0 spiro atoms. The molecule has 0 aromatic heterocycles. The van der Waals surface area contributed by atoms with Crippen LogP contribution in [0.2, 0.25) is 0 Å². The van der Waals surface area contributed by atoms with E-state index < -0.39 is 0 Å². The molecule has 0 radical (unpaired) electrons. The molecule has 1 N–H and O–H groups in total. The van der Waals surface area contributed by atoms with Crippen LogP contribution in [0.3, 0.4) is 0 Å². The van der Waals surface area contributed by atoms with Gasteiger partial charge in [0.25, 0.3) is 0 Å². The van der Waals surface area contributed by atoms with Gasteiger partial charge in [0, 0.05) is 0 Å². The van der Waals surface area contributed by atoms with E-state index in [1.54, 1.807) is 6.92 Å². The average Bonchev–Trinajstić information content (AvgIpc) is 1.91. The number of hydrogen-bond acceptors (Lipinski definition) is 3. The van der Waals surface area contributed by atoms with E-state index in [1.165, 1.54) is 0 Å². The molecule has 7 heavy (non-hydrogen) atoms. The summed E-state index contributed by atoms with van der Waals surface area (Å²) in [5.41, 5.74) is 2.52. The van der Waals surface area contributed by atoms with Gasteiger partial charge in [0.2, 0.25) is 0 Å². The maximum Gasteiger partial charge on any atom is 0.179 e. The Balaban J connectivity index is 2.48. The van der Waals surface area contributed by atoms with Crippen LogP contribution in [0.4, 0.5) is 0 Å². The average molecular weight is 101 g/mol. The first-order valence-corrected chi connectivity index (χ1v) is 2.21. The largest absolute Gasteiger partial charge is 0.295 e. The van der Waals surface area contributed by atoms with Crippen molar-refractivity contribution in [3.63, 3.8) is 0 Å². The first-order valence-electron chi connectivity index (χ1n) is 2.21. The van der Waals surface area contributed by atoms with Gasteiger partial charge in [0.15, 0.2) is 5.78 Å². The molecular weight excluding hydrogens is 94.0 g/mol. The fourth-order valence-electron chi connectivity index (χ4n) is 0.429. The van der Waals surface area contributed by atoms with Gasteiger partial charge in [-0.2, -0.15) is 5.48 Å². The summed E-state index contributed by atoms with van der Waals surface area (Å²) in [5, 5.41) is 0. The Morgan fingerprint density at radius 3 is 2.86 bits per heavy atom. The van der Waals surface area contributed by atoms with Crippen molar-refractivity contribution in [3.05, 3.63) is 0 Å². The Labute approximate surface area is 41.6 Å². The summed E-state index contributed by atoms with van der Waals surface area (Å²) in [6.07, 6.45) is 0. The van der Waals surface area contributed by atoms with Crippen molar-refractivity contribution < 1.29 is 9.63 Å². The monoisotopic (exact) mass is 101 g/mol. The van der Waals surface area contributed by atoms with Gasteiger partial charge < -0.3 is 0 Å². The van der Waals surface area contributed by atoms with Crippen LogP contribution in [0.5, 0.6) is 0 Å². The smallest absolute Gasteiger partial charge is 0.179 e. The highest BCUT2D eigenvalue weighted by molar-refractivity contribution is 5.85. The lowest BCUT2D eigenvalue weighted by molar-refractivity contribution is -0.118. The van der Waals surface area contributed by atoms with Crippen molar-refractivity contribution in [3.8, 4) is 0 Å². The second-order valence-electron chi connectivity index (χ2n) is 1.59. The fourth-order valence-corrected chi connectivity index (χ4v) is 0.429. The van der Waals surface area contributed by atoms with Gasteiger partial charge in [-0.05, 0) is 6.92 Å². The van der Waals surface area contributed by atoms with Crippen molar-refractivity contribution in [2.75, 3.05) is 6.61 Å². The lowest BCUT2D eigenvalue weighted by atomic mass is 10.3. The molecule has 0 saturated carbocycles. The first kappa shape index (κ1) is 4.74. The van der Waals surface area contributed by atoms with Gasteiger partial charge in [-0.25, -0.2) is 0 Å². The third-order valence-electron chi connectivity index (χ3n) is 0.958. The van der Waals surface area contributed by atoms with Crippen LogP contribution in [0.15, 0.2) is 0 Å². The van der Waals surface area contributed by atoms with E-state index >= 15 is 0 Å². The van der Waals surface area contributed by atoms with E-state index in [0.29, 0.717) is 0 Å². The zero-order valence-corrected chi connectivity index (χ0v) is 4.10. The highest BCUT2D eigenvalue weighted by atomic mass is 16.7. The molecule has 1 heterocycles. The number of carbonyl (C=O) groups is 1. The van der Waals surface area contributed by atoms with Crippen LogP contribution < -0.4 is 5.48 Å². The zero-order valence-electron chi connectivity index (χ0n) is 4.10. The molecule has 0 bridgehead atoms. The minimum absolute atomic E-state index is 0.0972. The lowest BCUT2D eigenvalue weighted by Gasteiger charge is -1.91. The number of hydrogen-bond donors (Lipinski definition) is 1. The molecule has 1 aliphatic heterocycles. The Morgan fingerprint density at radius 1 is 2.00 bits per heavy atom. The molecule has 0 aliphatic carbocycles. The Hall–Kier alpha value is -0.410. The Bertz CT molecular complexity index is 91.7. The van der Waals surface area contributed by atoms with Crippen molar-refractivity contribution in [1.82, 2.24) is 5.48 Å². The second kappa shape index (κ2) is 1.60. The molecule has 1 aliphatic rings. The van der Waals surface area contributed by atoms with Gasteiger partial charge in [0.1, 0.15) is 6.61 Å². The predicted octanol–water partition coefficient (Wildman–Crippen LogP) is -0.521. The van der Waals surface area contributed by atoms with Crippen LogP contribution in [0.1, 0.15) is 6.92 Å². The highest BCUT2D eigenvalue weighted by Crippen LogP contribution is 1.92. The summed E-state index contributed by atoms with van der Waals surface area (Å²) >= 11 is 0. The van der Waals surface area contributed by atoms with Gasteiger partial charge in [0.05, 0.1) is 6.04 Å². The number of ketones is 1. The molecule has 1 rings (SSSR count). The lowest BCUT2D eigenvalue weighted by Crippen LogP contribution is -2.21. The molecule has 1 unspecified atom stereocenters.